The van der Waals surface area contributed by atoms with Crippen molar-refractivity contribution in [2.75, 3.05) is 0 Å². The van der Waals surface area contributed by atoms with Gasteiger partial charge in [0.25, 0.3) is 5.56 Å². The second kappa shape index (κ2) is 10.1. The largest absolute Gasteiger partial charge is 0.454 e. The summed E-state index contributed by atoms with van der Waals surface area (Å²) < 4.78 is 10.6. The van der Waals surface area contributed by atoms with E-state index in [4.69, 9.17) is 4.74 Å². The van der Waals surface area contributed by atoms with Crippen LogP contribution in [0.2, 0.25) is 0 Å². The number of aromatic amines is 1. The number of unbranched alkanes of at least 4 members (excludes halogenated alkanes) is 1. The lowest BCUT2D eigenvalue weighted by Crippen LogP contribution is -2.31. The minimum atomic E-state index is -0.519. The highest BCUT2D eigenvalue weighted by Gasteiger charge is 2.23. The Balaban J connectivity index is 1.68. The van der Waals surface area contributed by atoms with Crippen molar-refractivity contribution < 1.29 is 9.53 Å². The Labute approximate surface area is 202 Å². The Hall–Kier alpha value is -3.95. The minimum Gasteiger partial charge on any atom is -0.454 e. The highest BCUT2D eigenvalue weighted by molar-refractivity contribution is 5.92. The number of carbonyl (C=O) groups is 1. The van der Waals surface area contributed by atoms with Crippen molar-refractivity contribution in [3.05, 3.63) is 73.9 Å². The summed E-state index contributed by atoms with van der Waals surface area (Å²) in [6.07, 6.45) is 2.40. The zero-order chi connectivity index (χ0) is 25.1. The van der Waals surface area contributed by atoms with Crippen molar-refractivity contribution in [2.45, 2.75) is 66.7 Å². The molecule has 0 aliphatic rings. The number of esters is 1. The third-order valence-electron chi connectivity index (χ3n) is 5.98. The van der Waals surface area contributed by atoms with Gasteiger partial charge in [0.15, 0.2) is 11.2 Å². The van der Waals surface area contributed by atoms with Crippen LogP contribution in [0.15, 0.2) is 39.9 Å². The first kappa shape index (κ1) is 24.2. The monoisotopic (exact) mass is 478 g/mol. The van der Waals surface area contributed by atoms with Crippen LogP contribution in [0.1, 0.15) is 60.7 Å². The summed E-state index contributed by atoms with van der Waals surface area (Å²) in [6, 6.07) is 9.56. The second-order valence-electron chi connectivity index (χ2n) is 8.49. The fourth-order valence-electron chi connectivity index (χ4n) is 4.28. The molecule has 4 aromatic rings. The Bertz CT molecular complexity index is 1480. The van der Waals surface area contributed by atoms with Crippen molar-refractivity contribution >= 4 is 17.1 Å². The van der Waals surface area contributed by atoms with E-state index in [1.807, 2.05) is 51.1 Å². The number of hydrogen-bond acceptors (Lipinski definition) is 6. The van der Waals surface area contributed by atoms with E-state index in [-0.39, 0.29) is 6.61 Å². The molecule has 0 fully saturated rings. The van der Waals surface area contributed by atoms with Gasteiger partial charge in [0.1, 0.15) is 18.0 Å². The molecule has 0 saturated carbocycles. The van der Waals surface area contributed by atoms with Gasteiger partial charge in [-0.1, -0.05) is 38.5 Å². The van der Waals surface area contributed by atoms with Crippen LogP contribution in [-0.4, -0.2) is 34.9 Å². The van der Waals surface area contributed by atoms with Gasteiger partial charge >= 0.3 is 11.7 Å². The van der Waals surface area contributed by atoms with E-state index >= 15 is 0 Å². The van der Waals surface area contributed by atoms with E-state index in [0.717, 1.165) is 24.9 Å². The minimum absolute atomic E-state index is 0.135. The van der Waals surface area contributed by atoms with Crippen LogP contribution >= 0.6 is 0 Å². The Morgan fingerprint density at radius 1 is 1.03 bits per heavy atom. The summed E-state index contributed by atoms with van der Waals surface area (Å²) in [5.74, 6) is -0.100. The van der Waals surface area contributed by atoms with Crippen molar-refractivity contribution in [2.24, 2.45) is 0 Å². The van der Waals surface area contributed by atoms with E-state index < -0.39 is 17.2 Å². The first-order valence-electron chi connectivity index (χ1n) is 11.9. The smallest absolute Gasteiger partial charge is 0.342 e. The van der Waals surface area contributed by atoms with Crippen LogP contribution in [-0.2, 0) is 24.4 Å². The van der Waals surface area contributed by atoms with Gasteiger partial charge in [0.05, 0.1) is 17.1 Å². The standard InChI is InChI=1S/C25H30N6O4/c1-5-7-14-30-22-21(23(32)27-25(30)34)29(13-6-2)19(26-22)15-35-24(33)20-16(3)28-31(17(20)4)18-11-9-8-10-12-18/h8-12H,5-7,13-15H2,1-4H3,(H,27,32,34). The number of fused-ring (bicyclic) bond motifs is 1. The Kier molecular flexibility index (Phi) is 6.99. The molecule has 0 saturated heterocycles. The predicted molar refractivity (Wildman–Crippen MR) is 132 cm³/mol. The van der Waals surface area contributed by atoms with Crippen LogP contribution in [0.5, 0.6) is 0 Å². The Morgan fingerprint density at radius 3 is 2.46 bits per heavy atom. The van der Waals surface area contributed by atoms with E-state index in [2.05, 4.69) is 15.1 Å². The SMILES string of the molecule is CCCCn1c(=O)[nH]c(=O)c2c1nc(COC(=O)c1c(C)nn(-c3ccccc3)c1C)n2CCC. The molecule has 0 bridgehead atoms. The lowest BCUT2D eigenvalue weighted by atomic mass is 10.2. The number of H-pyrrole nitrogens is 1. The number of ether oxygens (including phenoxy) is 1. The van der Waals surface area contributed by atoms with Crippen molar-refractivity contribution in [1.29, 1.82) is 0 Å². The van der Waals surface area contributed by atoms with E-state index in [0.29, 0.717) is 47.0 Å². The number of nitrogens with zero attached hydrogens (tertiary/aromatic N) is 5. The van der Waals surface area contributed by atoms with Gasteiger partial charge in [-0.3, -0.25) is 14.3 Å². The molecule has 0 amide bonds. The molecule has 35 heavy (non-hydrogen) atoms. The van der Waals surface area contributed by atoms with Crippen molar-refractivity contribution in [1.82, 2.24) is 28.9 Å². The first-order valence-corrected chi connectivity index (χ1v) is 11.9. The molecule has 1 N–H and O–H groups in total. The number of imidazole rings is 1. The molecule has 184 valence electrons. The first-order chi connectivity index (χ1) is 16.9. The molecule has 0 spiro atoms. The van der Waals surface area contributed by atoms with Crippen molar-refractivity contribution in [3.63, 3.8) is 0 Å². The average Bonchev–Trinajstić information content (AvgIpc) is 3.35. The average molecular weight is 479 g/mol. The summed E-state index contributed by atoms with van der Waals surface area (Å²) in [4.78, 5) is 45.2. The lowest BCUT2D eigenvalue weighted by Gasteiger charge is -2.09. The lowest BCUT2D eigenvalue weighted by molar-refractivity contribution is 0.0456. The molecular weight excluding hydrogens is 448 g/mol. The fraction of sp³-hybridized carbons (Fsp3) is 0.400. The maximum atomic E-state index is 13.1. The number of benzene rings is 1. The highest BCUT2D eigenvalue weighted by atomic mass is 16.5. The number of aromatic nitrogens is 6. The summed E-state index contributed by atoms with van der Waals surface area (Å²) in [6.45, 7) is 8.41. The van der Waals surface area contributed by atoms with E-state index in [1.54, 1.807) is 16.2 Å². The van der Waals surface area contributed by atoms with Gasteiger partial charge < -0.3 is 9.30 Å². The van der Waals surface area contributed by atoms with E-state index in [1.165, 1.54) is 4.57 Å². The van der Waals surface area contributed by atoms with Gasteiger partial charge in [-0.2, -0.15) is 5.10 Å². The summed E-state index contributed by atoms with van der Waals surface area (Å²) in [5.41, 5.74) is 2.13. The fourth-order valence-corrected chi connectivity index (χ4v) is 4.28. The molecule has 0 aliphatic carbocycles. The van der Waals surface area contributed by atoms with Gasteiger partial charge in [-0.25, -0.2) is 19.3 Å². The summed E-state index contributed by atoms with van der Waals surface area (Å²) in [5, 5.41) is 4.51. The molecule has 10 heteroatoms. The molecule has 1 aromatic carbocycles. The maximum absolute atomic E-state index is 13.1. The maximum Gasteiger partial charge on any atom is 0.342 e. The highest BCUT2D eigenvalue weighted by Crippen LogP contribution is 2.20. The molecule has 3 aromatic heterocycles. The van der Waals surface area contributed by atoms with Gasteiger partial charge in [0.2, 0.25) is 0 Å². The second-order valence-corrected chi connectivity index (χ2v) is 8.49. The number of rotatable bonds is 9. The van der Waals surface area contributed by atoms with Crippen LogP contribution in [0, 0.1) is 13.8 Å². The van der Waals surface area contributed by atoms with Crippen molar-refractivity contribution in [3.8, 4) is 5.69 Å². The molecule has 0 unspecified atom stereocenters. The van der Waals surface area contributed by atoms with Crippen LogP contribution in [0.3, 0.4) is 0 Å². The molecular formula is C25H30N6O4. The van der Waals surface area contributed by atoms with Crippen LogP contribution in [0.25, 0.3) is 16.9 Å². The molecule has 10 nitrogen and oxygen atoms in total. The third-order valence-corrected chi connectivity index (χ3v) is 5.98. The van der Waals surface area contributed by atoms with Gasteiger partial charge in [-0.05, 0) is 38.8 Å². The number of carbonyl (C=O) groups excluding carboxylic acids is 1. The molecule has 0 aliphatic heterocycles. The normalized spacial score (nSPS) is 11.3. The number of hydrogen-bond donors (Lipinski definition) is 1. The molecule has 0 radical (unpaired) electrons. The quantitative estimate of drug-likeness (QED) is 0.369. The van der Waals surface area contributed by atoms with Gasteiger partial charge in [0, 0.05) is 13.1 Å². The summed E-state index contributed by atoms with van der Waals surface area (Å²) >= 11 is 0. The van der Waals surface area contributed by atoms with Gasteiger partial charge in [-0.15, -0.1) is 0 Å². The zero-order valence-electron chi connectivity index (χ0n) is 20.5. The number of aryl methyl sites for hydroxylation is 3. The van der Waals surface area contributed by atoms with E-state index in [9.17, 15) is 14.4 Å². The molecule has 3 heterocycles. The number of nitrogens with one attached hydrogen (secondary N) is 1. The topological polar surface area (TPSA) is 117 Å². The summed E-state index contributed by atoms with van der Waals surface area (Å²) in [7, 11) is 0. The third kappa shape index (κ3) is 4.55. The zero-order valence-corrected chi connectivity index (χ0v) is 20.5. The van der Waals surface area contributed by atoms with Crippen LogP contribution < -0.4 is 11.2 Å². The number of para-hydroxylation sites is 1. The van der Waals surface area contributed by atoms with Crippen LogP contribution in [0.4, 0.5) is 0 Å². The Morgan fingerprint density at radius 2 is 1.77 bits per heavy atom. The molecule has 0 atom stereocenters. The predicted octanol–water partition coefficient (Wildman–Crippen LogP) is 3.26. The molecule has 4 rings (SSSR count).